The molecule has 2 rings (SSSR count). The molecule has 0 spiro atoms. The van der Waals surface area contributed by atoms with Gasteiger partial charge in [-0.15, -0.1) is 24.2 Å². The molecule has 0 heterocycles. The third-order valence-electron chi connectivity index (χ3n) is 2.40. The smallest absolute Gasteiger partial charge is 0.0452 e. The maximum absolute atomic E-state index is 5.89. The van der Waals surface area contributed by atoms with Gasteiger partial charge in [-0.25, -0.2) is 0 Å². The zero-order valence-corrected chi connectivity index (χ0v) is 11.4. The van der Waals surface area contributed by atoms with E-state index < -0.39 is 0 Å². The van der Waals surface area contributed by atoms with E-state index in [-0.39, 0.29) is 12.4 Å². The molecule has 0 saturated heterocycles. The molecule has 0 unspecified atom stereocenters. The lowest BCUT2D eigenvalue weighted by molar-refractivity contribution is 1.34. The van der Waals surface area contributed by atoms with Crippen LogP contribution < -0.4 is 5.73 Å². The first-order valence-corrected chi connectivity index (χ1v) is 6.27. The molecule has 2 aromatic rings. The Morgan fingerprint density at radius 2 is 1.82 bits per heavy atom. The highest BCUT2D eigenvalue weighted by Crippen LogP contribution is 2.27. The van der Waals surface area contributed by atoms with E-state index in [1.807, 2.05) is 18.2 Å². The first kappa shape index (κ1) is 13.9. The largest absolute Gasteiger partial charge is 0.398 e. The molecule has 0 saturated carbocycles. The van der Waals surface area contributed by atoms with E-state index in [9.17, 15) is 0 Å². The van der Waals surface area contributed by atoms with Crippen LogP contribution in [0.1, 0.15) is 11.1 Å². The molecule has 0 amide bonds. The maximum atomic E-state index is 5.89. The van der Waals surface area contributed by atoms with Crippen molar-refractivity contribution in [3.8, 4) is 0 Å². The number of nitrogens with two attached hydrogens (primary N) is 1. The van der Waals surface area contributed by atoms with Gasteiger partial charge in [0.25, 0.3) is 0 Å². The van der Waals surface area contributed by atoms with Gasteiger partial charge >= 0.3 is 0 Å². The molecule has 0 aliphatic rings. The van der Waals surface area contributed by atoms with Crippen LogP contribution in [0.3, 0.4) is 0 Å². The first-order valence-electron chi connectivity index (χ1n) is 5.28. The van der Waals surface area contributed by atoms with Gasteiger partial charge in [0, 0.05) is 16.3 Å². The third-order valence-corrected chi connectivity index (χ3v) is 3.56. The molecule has 0 bridgehead atoms. The van der Waals surface area contributed by atoms with Crippen LogP contribution in [-0.2, 0) is 5.75 Å². The minimum Gasteiger partial charge on any atom is -0.398 e. The van der Waals surface area contributed by atoms with Crippen LogP contribution in [0, 0.1) is 6.92 Å². The molecule has 0 atom stereocenters. The van der Waals surface area contributed by atoms with Crippen LogP contribution in [0.2, 0.25) is 0 Å². The molecular formula is C14H16ClNS. The number of benzene rings is 2. The second-order valence-electron chi connectivity index (χ2n) is 3.82. The van der Waals surface area contributed by atoms with E-state index in [2.05, 4.69) is 37.3 Å². The number of aryl methyl sites for hydroxylation is 1. The summed E-state index contributed by atoms with van der Waals surface area (Å²) in [6, 6.07) is 16.6. The number of hydrogen-bond acceptors (Lipinski definition) is 2. The number of thioether (sulfide) groups is 1. The standard InChI is InChI=1S/C14H15NS.ClH/c1-11-5-4-6-12(9-11)10-16-14-8-3-2-7-13(14)15;/h2-9H,10,15H2,1H3;1H. The van der Waals surface area contributed by atoms with Gasteiger partial charge in [0.2, 0.25) is 0 Å². The number of rotatable bonds is 3. The Hall–Kier alpha value is -1.12. The lowest BCUT2D eigenvalue weighted by atomic mass is 10.2. The van der Waals surface area contributed by atoms with Crippen molar-refractivity contribution in [1.29, 1.82) is 0 Å². The Balaban J connectivity index is 0.00000144. The van der Waals surface area contributed by atoms with Crippen LogP contribution in [0.5, 0.6) is 0 Å². The van der Waals surface area contributed by atoms with Gasteiger partial charge in [-0.05, 0) is 24.6 Å². The maximum Gasteiger partial charge on any atom is 0.0452 e. The number of nitrogen functional groups attached to an aromatic ring is 1. The van der Waals surface area contributed by atoms with Crippen molar-refractivity contribution < 1.29 is 0 Å². The molecule has 1 nitrogen and oxygen atoms in total. The van der Waals surface area contributed by atoms with Crippen molar-refractivity contribution >= 4 is 29.9 Å². The zero-order chi connectivity index (χ0) is 11.4. The Labute approximate surface area is 113 Å². The molecule has 0 aromatic heterocycles. The molecule has 0 fully saturated rings. The van der Waals surface area contributed by atoms with E-state index in [1.165, 1.54) is 11.1 Å². The molecule has 3 heteroatoms. The fourth-order valence-electron chi connectivity index (χ4n) is 1.57. The first-order chi connectivity index (χ1) is 7.75. The quantitative estimate of drug-likeness (QED) is 0.662. The van der Waals surface area contributed by atoms with Crippen LogP contribution in [0.25, 0.3) is 0 Å². The van der Waals surface area contributed by atoms with Gasteiger partial charge in [0.15, 0.2) is 0 Å². The van der Waals surface area contributed by atoms with Gasteiger partial charge in [-0.3, -0.25) is 0 Å². The van der Waals surface area contributed by atoms with Gasteiger partial charge in [-0.2, -0.15) is 0 Å². The summed E-state index contributed by atoms with van der Waals surface area (Å²) in [5.41, 5.74) is 9.40. The van der Waals surface area contributed by atoms with E-state index >= 15 is 0 Å². The summed E-state index contributed by atoms with van der Waals surface area (Å²) >= 11 is 1.78. The summed E-state index contributed by atoms with van der Waals surface area (Å²) < 4.78 is 0. The minimum absolute atomic E-state index is 0. The molecule has 0 aliphatic heterocycles. The molecule has 0 aliphatic carbocycles. The summed E-state index contributed by atoms with van der Waals surface area (Å²) in [5.74, 6) is 0.968. The predicted molar refractivity (Wildman–Crippen MR) is 78.8 cm³/mol. The number of hydrogen-bond donors (Lipinski definition) is 1. The normalized spacial score (nSPS) is 9.71. The van der Waals surface area contributed by atoms with Crippen molar-refractivity contribution in [3.05, 3.63) is 59.7 Å². The Morgan fingerprint density at radius 1 is 1.06 bits per heavy atom. The van der Waals surface area contributed by atoms with Crippen molar-refractivity contribution in [2.24, 2.45) is 0 Å². The van der Waals surface area contributed by atoms with Crippen LogP contribution >= 0.6 is 24.2 Å². The van der Waals surface area contributed by atoms with Crippen molar-refractivity contribution in [1.82, 2.24) is 0 Å². The Bertz CT molecular complexity index is 485. The second kappa shape index (κ2) is 6.58. The van der Waals surface area contributed by atoms with E-state index in [1.54, 1.807) is 11.8 Å². The minimum atomic E-state index is 0. The molecule has 17 heavy (non-hydrogen) atoms. The number of halogens is 1. The summed E-state index contributed by atoms with van der Waals surface area (Å²) in [4.78, 5) is 1.16. The number of anilines is 1. The molecule has 2 aromatic carbocycles. The highest BCUT2D eigenvalue weighted by atomic mass is 35.5. The van der Waals surface area contributed by atoms with Crippen LogP contribution in [-0.4, -0.2) is 0 Å². The number of para-hydroxylation sites is 1. The fourth-order valence-corrected chi connectivity index (χ4v) is 2.49. The molecule has 90 valence electrons. The van der Waals surface area contributed by atoms with Crippen LogP contribution in [0.4, 0.5) is 5.69 Å². The van der Waals surface area contributed by atoms with Crippen molar-refractivity contribution in [2.75, 3.05) is 5.73 Å². The molecular weight excluding hydrogens is 250 g/mol. The average Bonchev–Trinajstić information content (AvgIpc) is 2.28. The summed E-state index contributed by atoms with van der Waals surface area (Å²) in [6.45, 7) is 2.12. The van der Waals surface area contributed by atoms with E-state index in [0.717, 1.165) is 16.3 Å². The van der Waals surface area contributed by atoms with Gasteiger partial charge < -0.3 is 5.73 Å². The Kier molecular flexibility index (Phi) is 5.39. The summed E-state index contributed by atoms with van der Waals surface area (Å²) in [6.07, 6.45) is 0. The SMILES string of the molecule is Cc1cccc(CSc2ccccc2N)c1.Cl. The van der Waals surface area contributed by atoms with Gasteiger partial charge in [0.1, 0.15) is 0 Å². The van der Waals surface area contributed by atoms with Gasteiger partial charge in [-0.1, -0.05) is 42.0 Å². The van der Waals surface area contributed by atoms with Crippen LogP contribution in [0.15, 0.2) is 53.4 Å². The molecule has 2 N–H and O–H groups in total. The highest BCUT2D eigenvalue weighted by Gasteiger charge is 1.99. The lowest BCUT2D eigenvalue weighted by Crippen LogP contribution is -1.88. The second-order valence-corrected chi connectivity index (χ2v) is 4.83. The summed E-state index contributed by atoms with van der Waals surface area (Å²) in [5, 5.41) is 0. The monoisotopic (exact) mass is 265 g/mol. The topological polar surface area (TPSA) is 26.0 Å². The fraction of sp³-hybridized carbons (Fsp3) is 0.143. The van der Waals surface area contributed by atoms with E-state index in [4.69, 9.17) is 5.73 Å². The van der Waals surface area contributed by atoms with E-state index in [0.29, 0.717) is 0 Å². The van der Waals surface area contributed by atoms with Crippen molar-refractivity contribution in [2.45, 2.75) is 17.6 Å². The Morgan fingerprint density at radius 3 is 2.53 bits per heavy atom. The van der Waals surface area contributed by atoms with Gasteiger partial charge in [0.05, 0.1) is 0 Å². The highest BCUT2D eigenvalue weighted by molar-refractivity contribution is 7.98. The predicted octanol–water partition coefficient (Wildman–Crippen LogP) is 4.29. The zero-order valence-electron chi connectivity index (χ0n) is 9.72. The third kappa shape index (κ3) is 3.99. The average molecular weight is 266 g/mol. The lowest BCUT2D eigenvalue weighted by Gasteiger charge is -2.05. The van der Waals surface area contributed by atoms with Crippen molar-refractivity contribution in [3.63, 3.8) is 0 Å². The molecule has 0 radical (unpaired) electrons. The summed E-state index contributed by atoms with van der Waals surface area (Å²) in [7, 11) is 0.